The third-order valence-electron chi connectivity index (χ3n) is 7.94. The number of amides is 2. The lowest BCUT2D eigenvalue weighted by Crippen LogP contribution is -2.44. The highest BCUT2D eigenvalue weighted by Crippen LogP contribution is 2.29. The second kappa shape index (κ2) is 12.7. The molecule has 2 aliphatic heterocycles. The Labute approximate surface area is 230 Å². The van der Waals surface area contributed by atoms with Crippen molar-refractivity contribution in [2.45, 2.75) is 70.8 Å². The molecule has 0 radical (unpaired) electrons. The van der Waals surface area contributed by atoms with Gasteiger partial charge in [0, 0.05) is 44.0 Å². The third-order valence-corrected chi connectivity index (χ3v) is 9.36. The van der Waals surface area contributed by atoms with Crippen molar-refractivity contribution in [2.24, 2.45) is 11.8 Å². The summed E-state index contributed by atoms with van der Waals surface area (Å²) in [6, 6.07) is 3.72. The number of rotatable bonds is 11. The Hall–Kier alpha value is -3.26. The van der Waals surface area contributed by atoms with Crippen LogP contribution >= 0.6 is 0 Å². The predicted molar refractivity (Wildman–Crippen MR) is 146 cm³/mol. The number of ketones is 1. The van der Waals surface area contributed by atoms with Crippen molar-refractivity contribution in [3.05, 3.63) is 35.5 Å². The Bertz CT molecular complexity index is 1260. The van der Waals surface area contributed by atoms with Crippen LogP contribution in [0.3, 0.4) is 0 Å². The van der Waals surface area contributed by atoms with Gasteiger partial charge in [-0.1, -0.05) is 18.9 Å². The lowest BCUT2D eigenvalue weighted by Gasteiger charge is -2.33. The number of sulfonamides is 1. The number of piperidine rings is 1. The van der Waals surface area contributed by atoms with E-state index >= 15 is 0 Å². The molecular formula is C28H37N5O5S. The van der Waals surface area contributed by atoms with Gasteiger partial charge in [-0.15, -0.1) is 6.58 Å². The standard InChI is InChI=1S/C28H37N5O5S/c1-2-3-9-25(34)23-16-22(17-29)27(30-24(23)18-33-13-6-10-26(33)35)32-14-11-21(12-15-32)28(36)31-39(37,38)19-20-7-4-5-8-20/h2,16,20-21H,1,3-15,18-19H2,(H,31,36). The van der Waals surface area contributed by atoms with Crippen molar-refractivity contribution in [3.8, 4) is 6.07 Å². The summed E-state index contributed by atoms with van der Waals surface area (Å²) in [4.78, 5) is 46.4. The number of hydrogen-bond acceptors (Lipinski definition) is 8. The van der Waals surface area contributed by atoms with Gasteiger partial charge in [-0.25, -0.2) is 13.4 Å². The van der Waals surface area contributed by atoms with Gasteiger partial charge in [0.1, 0.15) is 11.9 Å². The van der Waals surface area contributed by atoms with Crippen molar-refractivity contribution in [1.82, 2.24) is 14.6 Å². The average molecular weight is 556 g/mol. The Balaban J connectivity index is 1.47. The number of nitrogens with one attached hydrogen (secondary N) is 1. The number of aromatic nitrogens is 1. The molecule has 0 atom stereocenters. The van der Waals surface area contributed by atoms with E-state index in [1.165, 1.54) is 0 Å². The Morgan fingerprint density at radius 3 is 2.49 bits per heavy atom. The van der Waals surface area contributed by atoms with Crippen LogP contribution in [0.15, 0.2) is 18.7 Å². The van der Waals surface area contributed by atoms with Crippen LogP contribution in [0.1, 0.15) is 85.8 Å². The molecule has 1 aromatic rings. The fraction of sp³-hybridized carbons (Fsp3) is 0.607. The number of Topliss-reactive ketones (excluding diaryl/α,β-unsaturated/α-hetero) is 1. The molecule has 1 aliphatic carbocycles. The maximum atomic E-state index is 13.0. The van der Waals surface area contributed by atoms with Gasteiger partial charge in [0.25, 0.3) is 0 Å². The number of anilines is 1. The fourth-order valence-electron chi connectivity index (χ4n) is 5.76. The molecule has 3 aliphatic rings. The molecule has 0 aromatic carbocycles. The van der Waals surface area contributed by atoms with E-state index in [2.05, 4.69) is 17.4 Å². The number of carbonyl (C=O) groups excluding carboxylic acids is 3. The summed E-state index contributed by atoms with van der Waals surface area (Å²) >= 11 is 0. The van der Waals surface area contributed by atoms with E-state index in [0.29, 0.717) is 62.4 Å². The quantitative estimate of drug-likeness (QED) is 0.324. The molecule has 39 heavy (non-hydrogen) atoms. The minimum atomic E-state index is -3.67. The second-order valence-corrected chi connectivity index (χ2v) is 12.6. The third kappa shape index (κ3) is 7.24. The lowest BCUT2D eigenvalue weighted by molar-refractivity contribution is -0.128. The van der Waals surface area contributed by atoms with Gasteiger partial charge in [0.15, 0.2) is 5.78 Å². The molecule has 0 bridgehead atoms. The highest BCUT2D eigenvalue weighted by Gasteiger charge is 2.32. The van der Waals surface area contributed by atoms with E-state index in [9.17, 15) is 28.1 Å². The van der Waals surface area contributed by atoms with Gasteiger partial charge >= 0.3 is 0 Å². The number of hydrogen-bond donors (Lipinski definition) is 1. The first-order valence-electron chi connectivity index (χ1n) is 13.9. The van der Waals surface area contributed by atoms with Gasteiger partial charge in [-0.3, -0.25) is 19.1 Å². The number of nitrogens with zero attached hydrogens (tertiary/aromatic N) is 4. The predicted octanol–water partition coefficient (Wildman–Crippen LogP) is 3.08. The number of pyridine rings is 1. The van der Waals surface area contributed by atoms with Gasteiger partial charge in [-0.05, 0) is 50.5 Å². The first kappa shape index (κ1) is 28.7. The van der Waals surface area contributed by atoms with Gasteiger partial charge in [0.05, 0.1) is 23.6 Å². The zero-order valence-electron chi connectivity index (χ0n) is 22.4. The zero-order chi connectivity index (χ0) is 28.0. The van der Waals surface area contributed by atoms with Crippen LogP contribution in [0, 0.1) is 23.2 Å². The van der Waals surface area contributed by atoms with Crippen LogP contribution in [0.25, 0.3) is 0 Å². The molecule has 3 heterocycles. The SMILES string of the molecule is C=CCCC(=O)c1cc(C#N)c(N2CCC(C(=O)NS(=O)(=O)CC3CCCC3)CC2)nc1CN1CCCC1=O. The summed E-state index contributed by atoms with van der Waals surface area (Å²) in [6.07, 6.45) is 8.28. The summed E-state index contributed by atoms with van der Waals surface area (Å²) in [6.45, 7) is 5.29. The molecule has 1 N–H and O–H groups in total. The van der Waals surface area contributed by atoms with Crippen LogP contribution in [0.4, 0.5) is 5.82 Å². The maximum absolute atomic E-state index is 13.0. The van der Waals surface area contributed by atoms with Crippen molar-refractivity contribution in [2.75, 3.05) is 30.3 Å². The molecule has 4 rings (SSSR count). The van der Waals surface area contributed by atoms with Gasteiger partial charge < -0.3 is 9.80 Å². The molecule has 10 nitrogen and oxygen atoms in total. The second-order valence-electron chi connectivity index (χ2n) is 10.8. The molecule has 2 amide bonds. The average Bonchev–Trinajstić information content (AvgIpc) is 3.57. The molecule has 11 heteroatoms. The van der Waals surface area contributed by atoms with E-state index in [0.717, 1.165) is 32.1 Å². The van der Waals surface area contributed by atoms with Crippen LogP contribution in [0.5, 0.6) is 0 Å². The van der Waals surface area contributed by atoms with Crippen molar-refractivity contribution >= 4 is 33.4 Å². The highest BCUT2D eigenvalue weighted by molar-refractivity contribution is 7.90. The molecule has 210 valence electrons. The van der Waals surface area contributed by atoms with Crippen molar-refractivity contribution in [3.63, 3.8) is 0 Å². The van der Waals surface area contributed by atoms with E-state index in [1.807, 2.05) is 4.90 Å². The van der Waals surface area contributed by atoms with Crippen LogP contribution in [-0.4, -0.2) is 61.3 Å². The number of nitriles is 1. The summed E-state index contributed by atoms with van der Waals surface area (Å²) in [7, 11) is -3.67. The molecule has 0 unspecified atom stereocenters. The lowest BCUT2D eigenvalue weighted by atomic mass is 9.95. The zero-order valence-corrected chi connectivity index (χ0v) is 23.2. The Morgan fingerprint density at radius 2 is 1.87 bits per heavy atom. The highest BCUT2D eigenvalue weighted by atomic mass is 32.2. The molecule has 1 saturated carbocycles. The van der Waals surface area contributed by atoms with Crippen LogP contribution in [0.2, 0.25) is 0 Å². The number of likely N-dealkylation sites (tertiary alicyclic amines) is 1. The van der Waals surface area contributed by atoms with E-state index < -0.39 is 21.8 Å². The number of allylic oxidation sites excluding steroid dienone is 1. The first-order valence-corrected chi connectivity index (χ1v) is 15.5. The Kier molecular flexibility index (Phi) is 9.38. The topological polar surface area (TPSA) is 141 Å². The largest absolute Gasteiger partial charge is 0.355 e. The fourth-order valence-corrected chi connectivity index (χ4v) is 7.28. The monoisotopic (exact) mass is 555 g/mol. The molecule has 1 aromatic heterocycles. The van der Waals surface area contributed by atoms with E-state index in [-0.39, 0.29) is 41.9 Å². The van der Waals surface area contributed by atoms with Crippen molar-refractivity contribution < 1.29 is 22.8 Å². The molecular weight excluding hydrogens is 518 g/mol. The minimum absolute atomic E-state index is 0.00675. The van der Waals surface area contributed by atoms with E-state index in [1.54, 1.807) is 17.0 Å². The smallest absolute Gasteiger partial charge is 0.236 e. The van der Waals surface area contributed by atoms with Crippen LogP contribution in [-0.2, 0) is 26.2 Å². The molecule has 3 fully saturated rings. The summed E-state index contributed by atoms with van der Waals surface area (Å²) in [5, 5.41) is 9.89. The van der Waals surface area contributed by atoms with Gasteiger partial charge in [0.2, 0.25) is 21.8 Å². The summed E-state index contributed by atoms with van der Waals surface area (Å²) in [5.41, 5.74) is 1.07. The van der Waals surface area contributed by atoms with Crippen LogP contribution < -0.4 is 9.62 Å². The van der Waals surface area contributed by atoms with Crippen molar-refractivity contribution in [1.29, 1.82) is 5.26 Å². The molecule has 2 saturated heterocycles. The normalized spacial score (nSPS) is 18.8. The maximum Gasteiger partial charge on any atom is 0.236 e. The van der Waals surface area contributed by atoms with Gasteiger partial charge in [-0.2, -0.15) is 5.26 Å². The summed E-state index contributed by atoms with van der Waals surface area (Å²) in [5.74, 6) is -0.531. The first-order chi connectivity index (χ1) is 18.7. The Morgan fingerprint density at radius 1 is 1.15 bits per heavy atom. The molecule has 0 spiro atoms. The van der Waals surface area contributed by atoms with E-state index in [4.69, 9.17) is 4.98 Å². The summed E-state index contributed by atoms with van der Waals surface area (Å²) < 4.78 is 27.3. The minimum Gasteiger partial charge on any atom is -0.355 e. The number of carbonyl (C=O) groups is 3.